The molecule has 30 heavy (non-hydrogen) atoms. The zero-order valence-corrected chi connectivity index (χ0v) is 18.4. The first kappa shape index (κ1) is 26.7. The molecule has 0 amide bonds. The molecule has 1 fully saturated rings. The second kappa shape index (κ2) is 10.8. The van der Waals surface area contributed by atoms with E-state index in [-0.39, 0.29) is 34.9 Å². The van der Waals surface area contributed by atoms with Crippen LogP contribution in [0.3, 0.4) is 0 Å². The van der Waals surface area contributed by atoms with Crippen molar-refractivity contribution >= 4 is 40.7 Å². The van der Waals surface area contributed by atoms with E-state index in [1.54, 1.807) is 0 Å². The highest BCUT2D eigenvalue weighted by Gasteiger charge is 2.33. The summed E-state index contributed by atoms with van der Waals surface area (Å²) in [6.07, 6.45) is -4.84. The van der Waals surface area contributed by atoms with Gasteiger partial charge in [-0.2, -0.15) is 0 Å². The lowest BCUT2D eigenvalue weighted by atomic mass is 9.94. The molecule has 168 valence electrons. The average Bonchev–Trinajstić information content (AvgIpc) is 2.64. The number of alkyl halides is 3. The van der Waals surface area contributed by atoms with Gasteiger partial charge >= 0.3 is 6.36 Å². The van der Waals surface area contributed by atoms with Crippen LogP contribution >= 0.6 is 40.7 Å². The van der Waals surface area contributed by atoms with Gasteiger partial charge in [0.15, 0.2) is 11.6 Å². The van der Waals surface area contributed by atoms with E-state index in [2.05, 4.69) is 26.0 Å². The Morgan fingerprint density at radius 1 is 1.07 bits per heavy atom. The molecule has 0 unspecified atom stereocenters. The predicted octanol–water partition coefficient (Wildman–Crippen LogP) is 5.17. The topological polar surface area (TPSA) is 44.7 Å². The molecule has 4 nitrogen and oxygen atoms in total. The summed E-state index contributed by atoms with van der Waals surface area (Å²) >= 11 is 3.01. The van der Waals surface area contributed by atoms with Gasteiger partial charge in [0.05, 0.1) is 16.1 Å². The number of nitrogens with one attached hydrogen (secondary N) is 1. The standard InChI is InChI=1S/C18H16BrF5N2O2.2ClH/c19-12-9-13(20)15(21)14(17(12)27)16(26-7-5-25-6-8-26)10-1-3-11(4-2-10)28-18(22,23)24;;/h1-4,9,16,25,27H,5-8H2;2*1H/t16-;;/m1../s1. The van der Waals surface area contributed by atoms with E-state index < -0.39 is 35.5 Å². The van der Waals surface area contributed by atoms with Crippen LogP contribution in [0.1, 0.15) is 17.2 Å². The number of hydrogen-bond acceptors (Lipinski definition) is 4. The Morgan fingerprint density at radius 2 is 1.63 bits per heavy atom. The summed E-state index contributed by atoms with van der Waals surface area (Å²) in [5, 5.41) is 13.5. The summed E-state index contributed by atoms with van der Waals surface area (Å²) < 4.78 is 69.7. The molecule has 1 atom stereocenters. The van der Waals surface area contributed by atoms with Crippen LogP contribution in [-0.4, -0.2) is 42.5 Å². The fourth-order valence-electron chi connectivity index (χ4n) is 3.21. The SMILES string of the molecule is Cl.Cl.Oc1c(Br)cc(F)c(F)c1[C@@H](c1ccc(OC(F)(F)F)cc1)N1CCNCC1. The Morgan fingerprint density at radius 3 is 2.17 bits per heavy atom. The van der Waals surface area contributed by atoms with Crippen LogP contribution in [0.4, 0.5) is 22.0 Å². The molecule has 1 aliphatic rings. The van der Waals surface area contributed by atoms with Crippen molar-refractivity contribution in [3.8, 4) is 11.5 Å². The lowest BCUT2D eigenvalue weighted by molar-refractivity contribution is -0.274. The van der Waals surface area contributed by atoms with Crippen LogP contribution in [0.5, 0.6) is 11.5 Å². The number of benzene rings is 2. The van der Waals surface area contributed by atoms with Crippen LogP contribution in [0.15, 0.2) is 34.8 Å². The summed E-state index contributed by atoms with van der Waals surface area (Å²) in [6, 6.07) is 4.80. The van der Waals surface area contributed by atoms with Crippen molar-refractivity contribution in [2.45, 2.75) is 12.4 Å². The molecule has 12 heteroatoms. The number of hydrogen-bond donors (Lipinski definition) is 2. The van der Waals surface area contributed by atoms with E-state index in [0.29, 0.717) is 31.7 Å². The van der Waals surface area contributed by atoms with Crippen LogP contribution in [-0.2, 0) is 0 Å². The van der Waals surface area contributed by atoms with Crippen molar-refractivity contribution < 1.29 is 31.8 Å². The number of aromatic hydroxyl groups is 1. The predicted molar refractivity (Wildman–Crippen MR) is 110 cm³/mol. The van der Waals surface area contributed by atoms with E-state index >= 15 is 0 Å². The van der Waals surface area contributed by atoms with E-state index in [9.17, 15) is 27.1 Å². The maximum absolute atomic E-state index is 14.7. The molecule has 1 aliphatic heterocycles. The summed E-state index contributed by atoms with van der Waals surface area (Å²) in [6.45, 7) is 2.12. The number of rotatable bonds is 4. The molecule has 1 saturated heterocycles. The number of ether oxygens (including phenoxy) is 1. The Labute approximate surface area is 190 Å². The average molecular weight is 540 g/mol. The van der Waals surface area contributed by atoms with E-state index in [1.807, 2.05) is 4.90 Å². The molecule has 0 bridgehead atoms. The lowest BCUT2D eigenvalue weighted by Gasteiger charge is -2.36. The molecule has 1 heterocycles. The zero-order chi connectivity index (χ0) is 20.5. The highest BCUT2D eigenvalue weighted by Crippen LogP contribution is 2.41. The second-order valence-corrected chi connectivity index (χ2v) is 7.08. The first-order valence-electron chi connectivity index (χ1n) is 8.34. The normalized spacial score (nSPS) is 15.7. The van der Waals surface area contributed by atoms with Gasteiger partial charge in [-0.3, -0.25) is 4.90 Å². The first-order valence-corrected chi connectivity index (χ1v) is 9.13. The number of phenols is 1. The zero-order valence-electron chi connectivity index (χ0n) is 15.2. The third-order valence-corrected chi connectivity index (χ3v) is 5.01. The van der Waals surface area contributed by atoms with Crippen molar-refractivity contribution in [3.05, 3.63) is 57.6 Å². The Bertz CT molecular complexity index is 824. The molecular weight excluding hydrogens is 522 g/mol. The van der Waals surface area contributed by atoms with Gasteiger partial charge in [-0.05, 0) is 39.7 Å². The number of halogens is 8. The Kier molecular flexibility index (Phi) is 9.62. The van der Waals surface area contributed by atoms with Crippen molar-refractivity contribution in [2.24, 2.45) is 0 Å². The molecule has 3 rings (SSSR count). The fraction of sp³-hybridized carbons (Fsp3) is 0.333. The van der Waals surface area contributed by atoms with Crippen LogP contribution in [0.25, 0.3) is 0 Å². The number of nitrogens with zero attached hydrogens (tertiary/aromatic N) is 1. The van der Waals surface area contributed by atoms with Gasteiger partial charge in [0.2, 0.25) is 0 Å². The van der Waals surface area contributed by atoms with Gasteiger partial charge in [0, 0.05) is 26.2 Å². The van der Waals surface area contributed by atoms with Crippen molar-refractivity contribution in [1.82, 2.24) is 10.2 Å². The maximum Gasteiger partial charge on any atom is 0.573 e. The third-order valence-electron chi connectivity index (χ3n) is 4.40. The van der Waals surface area contributed by atoms with Crippen LogP contribution in [0, 0.1) is 11.6 Å². The molecule has 0 radical (unpaired) electrons. The summed E-state index contributed by atoms with van der Waals surface area (Å²) in [7, 11) is 0. The number of piperazine rings is 1. The monoisotopic (exact) mass is 538 g/mol. The van der Waals surface area contributed by atoms with Gasteiger partial charge in [0.25, 0.3) is 0 Å². The minimum Gasteiger partial charge on any atom is -0.506 e. The molecule has 2 aromatic carbocycles. The smallest absolute Gasteiger partial charge is 0.506 e. The molecule has 2 aromatic rings. The Balaban J connectivity index is 0.00000225. The Hall–Kier alpha value is -1.33. The van der Waals surface area contributed by atoms with Crippen molar-refractivity contribution in [3.63, 3.8) is 0 Å². The van der Waals surface area contributed by atoms with Crippen molar-refractivity contribution in [1.29, 1.82) is 0 Å². The van der Waals surface area contributed by atoms with Gasteiger partial charge in [-0.15, -0.1) is 38.0 Å². The first-order chi connectivity index (χ1) is 13.2. The fourth-order valence-corrected chi connectivity index (χ4v) is 3.62. The maximum atomic E-state index is 14.7. The van der Waals surface area contributed by atoms with Crippen LogP contribution in [0.2, 0.25) is 0 Å². The van der Waals surface area contributed by atoms with E-state index in [0.717, 1.165) is 18.2 Å². The van der Waals surface area contributed by atoms with Gasteiger partial charge in [0.1, 0.15) is 11.5 Å². The minimum absolute atomic E-state index is 0. The lowest BCUT2D eigenvalue weighted by Crippen LogP contribution is -2.45. The highest BCUT2D eigenvalue weighted by atomic mass is 79.9. The molecule has 0 aliphatic carbocycles. The van der Waals surface area contributed by atoms with Crippen LogP contribution < -0.4 is 10.1 Å². The molecular formula is C18H18BrCl2F5N2O2. The molecule has 2 N–H and O–H groups in total. The summed E-state index contributed by atoms with van der Waals surface area (Å²) in [5.41, 5.74) is 0.112. The van der Waals surface area contributed by atoms with Gasteiger partial charge in [-0.25, -0.2) is 8.78 Å². The van der Waals surface area contributed by atoms with Crippen molar-refractivity contribution in [2.75, 3.05) is 26.2 Å². The molecule has 0 aromatic heterocycles. The molecule has 0 spiro atoms. The summed E-state index contributed by atoms with van der Waals surface area (Å²) in [5.74, 6) is -3.24. The quantitative estimate of drug-likeness (QED) is 0.415. The van der Waals surface area contributed by atoms with Gasteiger partial charge < -0.3 is 15.2 Å². The molecule has 0 saturated carbocycles. The largest absolute Gasteiger partial charge is 0.573 e. The van der Waals surface area contributed by atoms with Gasteiger partial charge in [-0.1, -0.05) is 12.1 Å². The minimum atomic E-state index is -4.84. The second-order valence-electron chi connectivity index (χ2n) is 6.22. The van der Waals surface area contributed by atoms with E-state index in [4.69, 9.17) is 0 Å². The number of phenolic OH excluding ortho intramolecular Hbond substituents is 1. The third kappa shape index (κ3) is 6.10. The highest BCUT2D eigenvalue weighted by molar-refractivity contribution is 9.10. The van der Waals surface area contributed by atoms with E-state index in [1.165, 1.54) is 12.1 Å². The summed E-state index contributed by atoms with van der Waals surface area (Å²) in [4.78, 5) is 1.82.